The molecular weight excluding hydrogens is 245 g/mol. The molecule has 2 heterocycles. The van der Waals surface area contributed by atoms with Crippen LogP contribution in [0.25, 0.3) is 11.0 Å². The van der Waals surface area contributed by atoms with Gasteiger partial charge in [-0.3, -0.25) is 0 Å². The van der Waals surface area contributed by atoms with Crippen LogP contribution >= 0.6 is 0 Å². The summed E-state index contributed by atoms with van der Waals surface area (Å²) in [7, 11) is 0. The molecule has 1 aliphatic heterocycles. The molecule has 0 spiro atoms. The highest BCUT2D eigenvalue weighted by molar-refractivity contribution is 5.76. The largest absolute Gasteiger partial charge is 0.379 e. The first kappa shape index (κ1) is 11.4. The average molecular weight is 261 g/mol. The number of nitrogens with zero attached hydrogens (tertiary/aromatic N) is 2. The fourth-order valence-electron chi connectivity index (χ4n) is 2.90. The highest BCUT2D eigenvalue weighted by Crippen LogP contribution is 2.41. The summed E-state index contributed by atoms with van der Waals surface area (Å²) in [4.78, 5) is 4.68. The SMILES string of the molecule is NC1COCC1c1nc2ccc(F)cc2n1C1CC1. The first-order valence-corrected chi connectivity index (χ1v) is 6.75. The molecule has 2 N–H and O–H groups in total. The van der Waals surface area contributed by atoms with Crippen LogP contribution in [-0.2, 0) is 4.74 Å². The zero-order chi connectivity index (χ0) is 13.0. The van der Waals surface area contributed by atoms with Gasteiger partial charge >= 0.3 is 0 Å². The smallest absolute Gasteiger partial charge is 0.125 e. The number of ether oxygens (including phenoxy) is 1. The van der Waals surface area contributed by atoms with E-state index < -0.39 is 0 Å². The Bertz CT molecular complexity index is 635. The quantitative estimate of drug-likeness (QED) is 0.899. The third kappa shape index (κ3) is 1.76. The van der Waals surface area contributed by atoms with E-state index in [1.54, 1.807) is 12.1 Å². The Labute approximate surface area is 110 Å². The molecule has 0 bridgehead atoms. The fourth-order valence-corrected chi connectivity index (χ4v) is 2.90. The molecule has 1 aliphatic carbocycles. The maximum Gasteiger partial charge on any atom is 0.125 e. The van der Waals surface area contributed by atoms with Crippen molar-refractivity contribution in [2.75, 3.05) is 13.2 Å². The molecule has 2 atom stereocenters. The van der Waals surface area contributed by atoms with Gasteiger partial charge in [0.1, 0.15) is 11.6 Å². The summed E-state index contributed by atoms with van der Waals surface area (Å²) in [6.45, 7) is 1.19. The minimum Gasteiger partial charge on any atom is -0.379 e. The van der Waals surface area contributed by atoms with Crippen LogP contribution in [0.5, 0.6) is 0 Å². The topological polar surface area (TPSA) is 53.1 Å². The summed E-state index contributed by atoms with van der Waals surface area (Å²) in [5.41, 5.74) is 7.83. The molecule has 1 saturated heterocycles. The molecule has 0 radical (unpaired) electrons. The molecule has 1 aromatic heterocycles. The monoisotopic (exact) mass is 261 g/mol. The highest BCUT2D eigenvalue weighted by atomic mass is 19.1. The van der Waals surface area contributed by atoms with E-state index in [9.17, 15) is 4.39 Å². The zero-order valence-electron chi connectivity index (χ0n) is 10.6. The van der Waals surface area contributed by atoms with Crippen LogP contribution in [0.15, 0.2) is 18.2 Å². The normalized spacial score (nSPS) is 27.3. The molecule has 1 saturated carbocycles. The summed E-state index contributed by atoms with van der Waals surface area (Å²) in [6.07, 6.45) is 2.27. The van der Waals surface area contributed by atoms with E-state index in [-0.39, 0.29) is 17.8 Å². The van der Waals surface area contributed by atoms with E-state index in [1.165, 1.54) is 6.07 Å². The lowest BCUT2D eigenvalue weighted by atomic mass is 10.0. The van der Waals surface area contributed by atoms with Gasteiger partial charge in [-0.15, -0.1) is 0 Å². The summed E-state index contributed by atoms with van der Waals surface area (Å²) in [6, 6.07) is 5.22. The van der Waals surface area contributed by atoms with Gasteiger partial charge in [-0.1, -0.05) is 0 Å². The molecule has 4 rings (SSSR count). The van der Waals surface area contributed by atoms with Crippen molar-refractivity contribution in [1.29, 1.82) is 0 Å². The second-order valence-corrected chi connectivity index (χ2v) is 5.51. The molecule has 1 aromatic carbocycles. The van der Waals surface area contributed by atoms with Crippen molar-refractivity contribution in [3.63, 3.8) is 0 Å². The first-order chi connectivity index (χ1) is 9.24. The van der Waals surface area contributed by atoms with E-state index in [0.717, 1.165) is 29.7 Å². The van der Waals surface area contributed by atoms with E-state index in [2.05, 4.69) is 9.55 Å². The molecule has 4 nitrogen and oxygen atoms in total. The van der Waals surface area contributed by atoms with Crippen LogP contribution in [-0.4, -0.2) is 28.8 Å². The standard InChI is InChI=1S/C14H16FN3O/c15-8-1-4-12-13(5-8)18(9-2-3-9)14(17-12)10-6-19-7-11(10)16/h1,4-5,9-11H,2-3,6-7,16H2. The van der Waals surface area contributed by atoms with E-state index in [0.29, 0.717) is 19.3 Å². The first-order valence-electron chi connectivity index (χ1n) is 6.75. The van der Waals surface area contributed by atoms with Gasteiger partial charge in [0.2, 0.25) is 0 Å². The summed E-state index contributed by atoms with van der Waals surface area (Å²) < 4.78 is 21.1. The fraction of sp³-hybridized carbons (Fsp3) is 0.500. The number of hydrogen-bond donors (Lipinski definition) is 1. The van der Waals surface area contributed by atoms with Crippen molar-refractivity contribution in [1.82, 2.24) is 9.55 Å². The van der Waals surface area contributed by atoms with Gasteiger partial charge in [0.25, 0.3) is 0 Å². The maximum atomic E-state index is 13.5. The highest BCUT2D eigenvalue weighted by Gasteiger charge is 2.35. The molecule has 5 heteroatoms. The van der Waals surface area contributed by atoms with E-state index >= 15 is 0 Å². The van der Waals surface area contributed by atoms with Gasteiger partial charge < -0.3 is 15.0 Å². The number of hydrogen-bond acceptors (Lipinski definition) is 3. The Morgan fingerprint density at radius 3 is 2.84 bits per heavy atom. The van der Waals surface area contributed by atoms with Gasteiger partial charge in [0, 0.05) is 12.1 Å². The molecule has 2 aromatic rings. The average Bonchev–Trinajstić information content (AvgIpc) is 3.03. The van der Waals surface area contributed by atoms with Crippen molar-refractivity contribution in [2.45, 2.75) is 30.8 Å². The number of imidazole rings is 1. The lowest BCUT2D eigenvalue weighted by molar-refractivity contribution is 0.190. The van der Waals surface area contributed by atoms with E-state index in [1.807, 2.05) is 0 Å². The maximum absolute atomic E-state index is 13.5. The van der Waals surface area contributed by atoms with Crippen LogP contribution < -0.4 is 5.73 Å². The summed E-state index contributed by atoms with van der Waals surface area (Å²) >= 11 is 0. The lowest BCUT2D eigenvalue weighted by Crippen LogP contribution is -2.28. The number of benzene rings is 1. The number of rotatable bonds is 2. The summed E-state index contributed by atoms with van der Waals surface area (Å²) in [5.74, 6) is 0.872. The predicted octanol–water partition coefficient (Wildman–Crippen LogP) is 1.95. The molecule has 19 heavy (non-hydrogen) atoms. The molecule has 2 fully saturated rings. The van der Waals surface area contributed by atoms with Crippen LogP contribution in [0.2, 0.25) is 0 Å². The van der Waals surface area contributed by atoms with Gasteiger partial charge in [-0.25, -0.2) is 9.37 Å². The Kier molecular flexibility index (Phi) is 2.40. The predicted molar refractivity (Wildman–Crippen MR) is 69.5 cm³/mol. The van der Waals surface area contributed by atoms with Crippen LogP contribution in [0, 0.1) is 5.82 Å². The number of nitrogens with two attached hydrogens (primary N) is 1. The Morgan fingerprint density at radius 1 is 1.32 bits per heavy atom. The van der Waals surface area contributed by atoms with Crippen LogP contribution in [0.4, 0.5) is 4.39 Å². The van der Waals surface area contributed by atoms with Gasteiger partial charge in [-0.2, -0.15) is 0 Å². The Hall–Kier alpha value is -1.46. The number of aromatic nitrogens is 2. The van der Waals surface area contributed by atoms with Gasteiger partial charge in [0.15, 0.2) is 0 Å². The molecule has 100 valence electrons. The minimum absolute atomic E-state index is 0.0147. The van der Waals surface area contributed by atoms with Crippen LogP contribution in [0.3, 0.4) is 0 Å². The molecule has 0 amide bonds. The lowest BCUT2D eigenvalue weighted by Gasteiger charge is -2.15. The Balaban J connectivity index is 1.91. The van der Waals surface area contributed by atoms with E-state index in [4.69, 9.17) is 10.5 Å². The van der Waals surface area contributed by atoms with Gasteiger partial charge in [0.05, 0.1) is 30.2 Å². The third-order valence-electron chi connectivity index (χ3n) is 4.05. The van der Waals surface area contributed by atoms with Crippen molar-refractivity contribution < 1.29 is 9.13 Å². The van der Waals surface area contributed by atoms with Crippen molar-refractivity contribution in [3.8, 4) is 0 Å². The second-order valence-electron chi connectivity index (χ2n) is 5.51. The number of fused-ring (bicyclic) bond motifs is 1. The zero-order valence-corrected chi connectivity index (χ0v) is 10.6. The molecular formula is C14H16FN3O. The third-order valence-corrected chi connectivity index (χ3v) is 4.05. The van der Waals surface area contributed by atoms with Crippen molar-refractivity contribution >= 4 is 11.0 Å². The molecule has 2 unspecified atom stereocenters. The second kappa shape index (κ2) is 4.02. The van der Waals surface area contributed by atoms with Crippen molar-refractivity contribution in [2.24, 2.45) is 5.73 Å². The van der Waals surface area contributed by atoms with Crippen molar-refractivity contribution in [3.05, 3.63) is 29.8 Å². The van der Waals surface area contributed by atoms with Gasteiger partial charge in [-0.05, 0) is 31.0 Å². The minimum atomic E-state index is -0.215. The Morgan fingerprint density at radius 2 is 2.16 bits per heavy atom. The van der Waals surface area contributed by atoms with Crippen LogP contribution in [0.1, 0.15) is 30.6 Å². The molecule has 2 aliphatic rings. The number of halogens is 1. The summed E-state index contributed by atoms with van der Waals surface area (Å²) in [5, 5.41) is 0.